The monoisotopic (exact) mass is 535 g/mol. The smallest absolute Gasteiger partial charge is 0.170 e. The Bertz CT molecular complexity index is 2160. The maximum absolute atomic E-state index is 7.15. The third kappa shape index (κ3) is 3.61. The van der Waals surface area contributed by atoms with Crippen LogP contribution in [0.4, 0.5) is 0 Å². The normalized spacial score (nSPS) is 15.4. The molecule has 1 unspecified atom stereocenters. The molecule has 0 fully saturated rings. The summed E-state index contributed by atoms with van der Waals surface area (Å²) in [7, 11) is 0. The fraction of sp³-hybridized carbons (Fsp3) is 0.0286. The molecule has 8 rings (SSSR count). The quantitative estimate of drug-likeness (QED) is 0.245. The Morgan fingerprint density at radius 2 is 1.18 bits per heavy atom. The summed E-state index contributed by atoms with van der Waals surface area (Å²) in [6, 6.07) is 41.2. The van der Waals surface area contributed by atoms with Crippen LogP contribution in [0.2, 0.25) is 5.02 Å². The van der Waals surface area contributed by atoms with Crippen LogP contribution in [0.25, 0.3) is 43.5 Å². The summed E-state index contributed by atoms with van der Waals surface area (Å²) in [6.45, 7) is 0. The third-order valence-corrected chi connectivity index (χ3v) is 8.01. The second-order valence-electron chi connectivity index (χ2n) is 9.95. The van der Waals surface area contributed by atoms with Gasteiger partial charge in [0, 0.05) is 27.5 Å². The Hall–Kier alpha value is -4.93. The van der Waals surface area contributed by atoms with Crippen LogP contribution in [0.5, 0.6) is 0 Å². The van der Waals surface area contributed by atoms with E-state index in [0.29, 0.717) is 10.9 Å². The number of rotatable bonds is 3. The van der Waals surface area contributed by atoms with Gasteiger partial charge in [0.05, 0.1) is 5.02 Å². The van der Waals surface area contributed by atoms with Crippen molar-refractivity contribution in [2.75, 3.05) is 0 Å². The first-order valence-electron chi connectivity index (χ1n) is 13.2. The summed E-state index contributed by atoms with van der Waals surface area (Å²) in [5.74, 6) is 1.43. The minimum absolute atomic E-state index is 0.454. The number of fused-ring (bicyclic) bond motifs is 5. The Kier molecular flexibility index (Phi) is 5.22. The number of benzene rings is 6. The van der Waals surface area contributed by atoms with Gasteiger partial charge < -0.3 is 9.73 Å². The fourth-order valence-electron chi connectivity index (χ4n) is 5.73. The van der Waals surface area contributed by atoms with Crippen LogP contribution in [0.3, 0.4) is 0 Å². The molecule has 1 N–H and O–H groups in total. The van der Waals surface area contributed by atoms with Gasteiger partial charge in [-0.05, 0) is 39.7 Å². The van der Waals surface area contributed by atoms with Gasteiger partial charge in [0.1, 0.15) is 22.8 Å². The molecule has 6 aromatic carbocycles. The van der Waals surface area contributed by atoms with Crippen molar-refractivity contribution in [1.82, 2.24) is 5.32 Å². The van der Waals surface area contributed by atoms with Crippen molar-refractivity contribution in [3.8, 4) is 0 Å². The Labute approximate surface area is 235 Å². The lowest BCUT2D eigenvalue weighted by Crippen LogP contribution is -2.36. The van der Waals surface area contributed by atoms with Gasteiger partial charge in [-0.25, -0.2) is 9.98 Å². The van der Waals surface area contributed by atoms with Crippen LogP contribution < -0.4 is 5.32 Å². The summed E-state index contributed by atoms with van der Waals surface area (Å²) in [4.78, 5) is 10.3. The molecule has 40 heavy (non-hydrogen) atoms. The molecule has 0 aliphatic carbocycles. The highest BCUT2D eigenvalue weighted by Gasteiger charge is 2.25. The van der Waals surface area contributed by atoms with Gasteiger partial charge in [-0.1, -0.05) is 115 Å². The van der Waals surface area contributed by atoms with Crippen molar-refractivity contribution >= 4 is 66.8 Å². The minimum atomic E-state index is -0.454. The summed E-state index contributed by atoms with van der Waals surface area (Å²) in [5, 5.41) is 10.6. The number of furan rings is 1. The maximum atomic E-state index is 7.15. The van der Waals surface area contributed by atoms with Crippen molar-refractivity contribution in [2.24, 2.45) is 9.98 Å². The molecular weight excluding hydrogens is 514 g/mol. The number of para-hydroxylation sites is 1. The fourth-order valence-corrected chi connectivity index (χ4v) is 6.08. The molecule has 4 nitrogen and oxygen atoms in total. The summed E-state index contributed by atoms with van der Waals surface area (Å²) < 4.78 is 6.08. The van der Waals surface area contributed by atoms with Gasteiger partial charge in [0.2, 0.25) is 0 Å². The van der Waals surface area contributed by atoms with E-state index in [0.717, 1.165) is 66.0 Å². The van der Waals surface area contributed by atoms with Gasteiger partial charge in [0.25, 0.3) is 0 Å². The first-order chi connectivity index (χ1) is 19.7. The number of hydrogen-bond acceptors (Lipinski definition) is 4. The van der Waals surface area contributed by atoms with E-state index in [1.54, 1.807) is 0 Å². The number of amidine groups is 2. The van der Waals surface area contributed by atoms with E-state index in [9.17, 15) is 0 Å². The van der Waals surface area contributed by atoms with Crippen LogP contribution in [-0.4, -0.2) is 11.7 Å². The average Bonchev–Trinajstić information content (AvgIpc) is 3.40. The van der Waals surface area contributed by atoms with Crippen LogP contribution in [0.15, 0.2) is 136 Å². The highest BCUT2D eigenvalue weighted by Crippen LogP contribution is 2.37. The predicted octanol–water partition coefficient (Wildman–Crippen LogP) is 9.04. The van der Waals surface area contributed by atoms with E-state index < -0.39 is 6.17 Å². The van der Waals surface area contributed by atoms with Gasteiger partial charge in [0.15, 0.2) is 6.17 Å². The average molecular weight is 536 g/mol. The van der Waals surface area contributed by atoms with E-state index >= 15 is 0 Å². The number of halogens is 1. The summed E-state index contributed by atoms with van der Waals surface area (Å²) in [5.41, 5.74) is 4.42. The molecule has 0 saturated carbocycles. The van der Waals surface area contributed by atoms with Gasteiger partial charge in [-0.3, -0.25) is 0 Å². The molecule has 5 heteroatoms. The van der Waals surface area contributed by atoms with E-state index in [1.165, 1.54) is 0 Å². The molecule has 7 aromatic rings. The van der Waals surface area contributed by atoms with Crippen molar-refractivity contribution in [2.45, 2.75) is 6.17 Å². The van der Waals surface area contributed by atoms with Crippen LogP contribution in [0.1, 0.15) is 22.9 Å². The zero-order chi connectivity index (χ0) is 26.6. The minimum Gasteiger partial charge on any atom is -0.456 e. The number of aliphatic imine (C=N–C) groups is 2. The lowest BCUT2D eigenvalue weighted by molar-refractivity contribution is 0.669. The van der Waals surface area contributed by atoms with Crippen LogP contribution in [-0.2, 0) is 0 Å². The van der Waals surface area contributed by atoms with Crippen molar-refractivity contribution < 1.29 is 4.42 Å². The largest absolute Gasteiger partial charge is 0.456 e. The van der Waals surface area contributed by atoms with Gasteiger partial charge >= 0.3 is 0 Å². The molecule has 2 heterocycles. The third-order valence-electron chi connectivity index (χ3n) is 7.62. The van der Waals surface area contributed by atoms with Gasteiger partial charge in [-0.15, -0.1) is 0 Å². The molecule has 0 saturated heterocycles. The van der Waals surface area contributed by atoms with Crippen molar-refractivity contribution in [3.05, 3.63) is 143 Å². The molecule has 190 valence electrons. The molecule has 1 aliphatic rings. The molecule has 0 spiro atoms. The van der Waals surface area contributed by atoms with Crippen LogP contribution in [0, 0.1) is 0 Å². The first kappa shape index (κ1) is 23.0. The molecule has 0 amide bonds. The highest BCUT2D eigenvalue weighted by atomic mass is 35.5. The Balaban J connectivity index is 1.36. The summed E-state index contributed by atoms with van der Waals surface area (Å²) in [6.07, 6.45) is -0.454. The van der Waals surface area contributed by atoms with E-state index in [2.05, 4.69) is 90.2 Å². The molecule has 1 aliphatic heterocycles. The number of nitrogens with one attached hydrogen (secondary N) is 1. The Morgan fingerprint density at radius 1 is 0.550 bits per heavy atom. The number of nitrogens with zero attached hydrogens (tertiary/aromatic N) is 2. The second-order valence-corrected chi connectivity index (χ2v) is 10.3. The molecule has 0 radical (unpaired) electrons. The van der Waals surface area contributed by atoms with E-state index in [-0.39, 0.29) is 0 Å². The standard InChI is InChI=1S/C35H22ClN3O/c36-32-28(19-20-30-31(32)27-15-5-6-18-29(27)40-30)35-38-33(25-16-7-11-21-9-1-3-13-23(21)25)37-34(39-35)26-17-8-12-22-10-2-4-14-24(22)26/h1-20,33H,(H,37,38,39). The molecule has 1 atom stereocenters. The maximum Gasteiger partial charge on any atom is 0.170 e. The van der Waals surface area contributed by atoms with Crippen LogP contribution >= 0.6 is 11.6 Å². The second kappa shape index (κ2) is 9.08. The van der Waals surface area contributed by atoms with Crippen molar-refractivity contribution in [3.63, 3.8) is 0 Å². The van der Waals surface area contributed by atoms with E-state index in [4.69, 9.17) is 26.0 Å². The summed E-state index contributed by atoms with van der Waals surface area (Å²) >= 11 is 7.15. The molecule has 1 aromatic heterocycles. The van der Waals surface area contributed by atoms with Gasteiger partial charge in [-0.2, -0.15) is 0 Å². The number of hydrogen-bond donors (Lipinski definition) is 1. The lowest BCUT2D eigenvalue weighted by Gasteiger charge is -2.24. The van der Waals surface area contributed by atoms with E-state index in [1.807, 2.05) is 36.4 Å². The first-order valence-corrected chi connectivity index (χ1v) is 13.6. The lowest BCUT2D eigenvalue weighted by atomic mass is 10.0. The SMILES string of the molecule is Clc1c(C2=NC(c3cccc4ccccc34)N=C(c3cccc4ccccc34)N2)ccc2oc3ccccc3c12. The zero-order valence-electron chi connectivity index (χ0n) is 21.3. The predicted molar refractivity (Wildman–Crippen MR) is 166 cm³/mol. The van der Waals surface area contributed by atoms with Crippen molar-refractivity contribution in [1.29, 1.82) is 0 Å². The zero-order valence-corrected chi connectivity index (χ0v) is 22.1. The topological polar surface area (TPSA) is 49.9 Å². The molecule has 0 bridgehead atoms. The molecular formula is C35H22ClN3O. The Morgan fingerprint density at radius 3 is 2.00 bits per heavy atom. The highest BCUT2D eigenvalue weighted by molar-refractivity contribution is 6.41.